The second-order valence-corrected chi connectivity index (χ2v) is 6.41. The summed E-state index contributed by atoms with van der Waals surface area (Å²) < 4.78 is 0. The maximum Gasteiger partial charge on any atom is 0.650 e. The van der Waals surface area contributed by atoms with Gasteiger partial charge in [0, 0.05) is 56.6 Å². The first-order valence-electron chi connectivity index (χ1n) is 8.65. The quantitative estimate of drug-likeness (QED) is 0.383. The van der Waals surface area contributed by atoms with Crippen LogP contribution in [0.1, 0.15) is 11.1 Å². The normalized spacial score (nSPS) is 10.1. The van der Waals surface area contributed by atoms with Gasteiger partial charge in [0.1, 0.15) is 12.2 Å². The minimum absolute atomic E-state index is 0. The number of rotatable bonds is 6. The van der Waals surface area contributed by atoms with Crippen molar-refractivity contribution in [1.29, 1.82) is 0 Å². The average Bonchev–Trinajstić information content (AvgIpc) is 2.65. The molecule has 2 rings (SSSR count). The third kappa shape index (κ3) is 10.8. The van der Waals surface area contributed by atoms with Gasteiger partial charge in [-0.15, -0.1) is 0 Å². The molecule has 0 aliphatic heterocycles. The van der Waals surface area contributed by atoms with E-state index in [9.17, 15) is 0 Å². The fourth-order valence-corrected chi connectivity index (χ4v) is 2.12. The Kier molecular flexibility index (Phi) is 11.8. The number of hydrogen-bond acceptors (Lipinski definition) is 2. The largest absolute Gasteiger partial charge is 0.650 e. The van der Waals surface area contributed by atoms with Crippen LogP contribution in [0.2, 0.25) is 0 Å². The Morgan fingerprint density at radius 3 is 1.14 bits per heavy atom. The molecule has 29 heavy (non-hydrogen) atoms. The molecule has 0 atom stereocenters. The number of anilines is 2. The van der Waals surface area contributed by atoms with Gasteiger partial charge in [0.2, 0.25) is 0 Å². The second kappa shape index (κ2) is 13.2. The summed E-state index contributed by atoms with van der Waals surface area (Å²) in [4.78, 5) is 21.3. The first-order valence-corrected chi connectivity index (χ1v) is 8.65. The Morgan fingerprint density at radius 2 is 0.931 bits per heavy atom. The van der Waals surface area contributed by atoms with Crippen molar-refractivity contribution in [3.63, 3.8) is 0 Å². The SMILES string of the molecule is CN(C)c1ccc(/C=C/C(=[OH+])[OH2+])cc1.CN(C)c1ccc(/C=C/C(=[OH+])[OH2+])cc1.[Cu]. The number of hydrogen-bond donors (Lipinski definition) is 0. The molecule has 6 N–H and O–H groups in total. The van der Waals surface area contributed by atoms with E-state index < -0.39 is 11.9 Å². The van der Waals surface area contributed by atoms with Crippen molar-refractivity contribution in [2.45, 2.75) is 0 Å². The Morgan fingerprint density at radius 1 is 0.655 bits per heavy atom. The molecule has 0 amide bonds. The zero-order valence-corrected chi connectivity index (χ0v) is 18.0. The Labute approximate surface area is 182 Å². The molecule has 1 radical (unpaired) electrons. The summed E-state index contributed by atoms with van der Waals surface area (Å²) in [6.45, 7) is 0. The smallest absolute Gasteiger partial charge is 0.520 e. The van der Waals surface area contributed by atoms with Crippen LogP contribution >= 0.6 is 0 Å². The van der Waals surface area contributed by atoms with E-state index in [2.05, 4.69) is 0 Å². The summed E-state index contributed by atoms with van der Waals surface area (Å²) >= 11 is 0. The van der Waals surface area contributed by atoms with E-state index in [-0.39, 0.29) is 17.1 Å². The van der Waals surface area contributed by atoms with Gasteiger partial charge in [-0.25, -0.2) is 0 Å². The third-order valence-electron chi connectivity index (χ3n) is 3.69. The fraction of sp³-hybridized carbons (Fsp3) is 0.182. The van der Waals surface area contributed by atoms with E-state index in [0.717, 1.165) is 22.5 Å². The van der Waals surface area contributed by atoms with E-state index in [1.165, 1.54) is 12.2 Å². The van der Waals surface area contributed by atoms with Gasteiger partial charge in [-0.3, -0.25) is 0 Å². The first-order chi connectivity index (χ1) is 13.2. The van der Waals surface area contributed by atoms with Crippen LogP contribution in [0.15, 0.2) is 60.7 Å². The summed E-state index contributed by atoms with van der Waals surface area (Å²) in [6, 6.07) is 15.7. The Balaban J connectivity index is 0.000000523. The van der Waals surface area contributed by atoms with Crippen LogP contribution in [0.5, 0.6) is 0 Å². The van der Waals surface area contributed by atoms with Crippen molar-refractivity contribution in [2.75, 3.05) is 38.0 Å². The van der Waals surface area contributed by atoms with Crippen molar-refractivity contribution >= 4 is 35.5 Å². The van der Waals surface area contributed by atoms with Crippen molar-refractivity contribution in [1.82, 2.24) is 0 Å². The van der Waals surface area contributed by atoms with Crippen LogP contribution in [-0.4, -0.2) is 59.9 Å². The minimum Gasteiger partial charge on any atom is -0.520 e. The molecule has 0 spiro atoms. The molecule has 0 saturated heterocycles. The maximum absolute atomic E-state index is 8.64. The second-order valence-electron chi connectivity index (χ2n) is 6.41. The average molecular weight is 450 g/mol. The Bertz CT molecular complexity index is 755. The summed E-state index contributed by atoms with van der Waals surface area (Å²) in [7, 11) is 7.92. The molecule has 0 heterocycles. The number of carbonyl (C=O) groups excluding carboxylic acids is 2. The first kappa shape index (κ1) is 26.0. The molecule has 0 aliphatic rings. The molecular formula is C22H30CuN2O4+4. The van der Waals surface area contributed by atoms with Crippen molar-refractivity contribution < 1.29 is 36.9 Å². The van der Waals surface area contributed by atoms with Crippen molar-refractivity contribution in [2.24, 2.45) is 0 Å². The van der Waals surface area contributed by atoms with Crippen LogP contribution in [0, 0.1) is 0 Å². The van der Waals surface area contributed by atoms with E-state index in [1.54, 1.807) is 12.2 Å². The predicted molar refractivity (Wildman–Crippen MR) is 121 cm³/mol. The molecule has 0 saturated carbocycles. The van der Waals surface area contributed by atoms with E-state index in [1.807, 2.05) is 86.5 Å². The van der Waals surface area contributed by atoms with Gasteiger partial charge in [0.15, 0.2) is 0 Å². The van der Waals surface area contributed by atoms with Crippen LogP contribution in [0.25, 0.3) is 12.2 Å². The van der Waals surface area contributed by atoms with E-state index >= 15 is 0 Å². The van der Waals surface area contributed by atoms with Crippen LogP contribution in [-0.2, 0) is 17.1 Å². The molecule has 7 heteroatoms. The molecule has 159 valence electrons. The van der Waals surface area contributed by atoms with Gasteiger partial charge in [-0.05, 0) is 47.5 Å². The molecule has 2 aromatic carbocycles. The molecule has 2 aromatic rings. The monoisotopic (exact) mass is 449 g/mol. The summed E-state index contributed by atoms with van der Waals surface area (Å²) in [5.74, 6) is -0.858. The molecule has 0 unspecified atom stereocenters. The molecule has 6 nitrogen and oxygen atoms in total. The van der Waals surface area contributed by atoms with Crippen LogP contribution < -0.4 is 9.80 Å². The van der Waals surface area contributed by atoms with Gasteiger partial charge in [-0.2, -0.15) is 9.59 Å². The van der Waals surface area contributed by atoms with Gasteiger partial charge in [0.25, 0.3) is 0 Å². The van der Waals surface area contributed by atoms with Gasteiger partial charge in [-0.1, -0.05) is 24.3 Å². The van der Waals surface area contributed by atoms with Crippen molar-refractivity contribution in [3.8, 4) is 0 Å². The molecule has 0 aliphatic carbocycles. The van der Waals surface area contributed by atoms with Gasteiger partial charge in [0.05, 0.1) is 0 Å². The maximum atomic E-state index is 8.64. The number of nitrogens with zero attached hydrogens (tertiary/aromatic N) is 2. The summed E-state index contributed by atoms with van der Waals surface area (Å²) in [5.41, 5.74) is 4.19. The summed E-state index contributed by atoms with van der Waals surface area (Å²) in [6.07, 6.45) is 6.10. The van der Waals surface area contributed by atoms with Gasteiger partial charge < -0.3 is 20.0 Å². The van der Waals surface area contributed by atoms with Crippen LogP contribution in [0.4, 0.5) is 11.4 Å². The van der Waals surface area contributed by atoms with Gasteiger partial charge >= 0.3 is 11.9 Å². The fourth-order valence-electron chi connectivity index (χ4n) is 2.12. The molecular weight excluding hydrogens is 420 g/mol. The van der Waals surface area contributed by atoms with Crippen LogP contribution in [0.3, 0.4) is 0 Å². The van der Waals surface area contributed by atoms with Crippen molar-refractivity contribution in [3.05, 3.63) is 71.8 Å². The minimum atomic E-state index is -0.429. The number of benzene rings is 2. The topological polar surface area (TPSA) is 95.1 Å². The summed E-state index contributed by atoms with van der Waals surface area (Å²) in [5, 5.41) is 13.6. The predicted octanol–water partition coefficient (Wildman–Crippen LogP) is 1.98. The third-order valence-corrected chi connectivity index (χ3v) is 3.69. The molecule has 0 fully saturated rings. The Hall–Kier alpha value is -3.02. The van der Waals surface area contributed by atoms with E-state index in [4.69, 9.17) is 19.8 Å². The zero-order chi connectivity index (χ0) is 21.1. The molecule has 0 aromatic heterocycles. The molecule has 0 bridgehead atoms. The standard InChI is InChI=1S/2C11H13NO2.Cu/c2*1-12(2)10-6-3-9(4-7-10)5-8-11(13)14;/h2*3-8H,1-2H3,(H,13,14);/p+4/b2*8-5+;. The van der Waals surface area contributed by atoms with E-state index in [0.29, 0.717) is 0 Å². The zero-order valence-electron chi connectivity index (χ0n) is 17.0.